The van der Waals surface area contributed by atoms with E-state index in [1.807, 2.05) is 37.4 Å². The van der Waals surface area contributed by atoms with Crippen LogP contribution in [0.25, 0.3) is 11.0 Å². The lowest BCUT2D eigenvalue weighted by Crippen LogP contribution is -2.14. The van der Waals surface area contributed by atoms with Gasteiger partial charge in [-0.1, -0.05) is 23.7 Å². The van der Waals surface area contributed by atoms with E-state index in [4.69, 9.17) is 11.6 Å². The lowest BCUT2D eigenvalue weighted by molar-refractivity contribution is -0.112. The first-order valence-corrected chi connectivity index (χ1v) is 8.37. The minimum atomic E-state index is -0.479. The largest absolute Gasteiger partial charge is 0.321 e. The second kappa shape index (κ2) is 6.48. The summed E-state index contributed by atoms with van der Waals surface area (Å²) in [5, 5.41) is 14.3. The van der Waals surface area contributed by atoms with E-state index in [1.165, 1.54) is 17.4 Å². The topological polar surface area (TPSA) is 70.2 Å². The Bertz CT molecular complexity index is 1010. The van der Waals surface area contributed by atoms with Gasteiger partial charge < -0.3 is 5.32 Å². The van der Waals surface area contributed by atoms with Crippen molar-refractivity contribution in [3.63, 3.8) is 0 Å². The molecule has 0 radical (unpaired) electrons. The van der Waals surface area contributed by atoms with Crippen LogP contribution in [0.2, 0.25) is 5.15 Å². The highest BCUT2D eigenvalue weighted by Gasteiger charge is 2.15. The summed E-state index contributed by atoms with van der Waals surface area (Å²) in [4.78, 5) is 17.3. The van der Waals surface area contributed by atoms with Crippen molar-refractivity contribution in [1.82, 2.24) is 9.38 Å². The highest BCUT2D eigenvalue weighted by Crippen LogP contribution is 2.24. The second-order valence-corrected chi connectivity index (χ2v) is 6.45. The van der Waals surface area contributed by atoms with Crippen molar-refractivity contribution < 1.29 is 4.79 Å². The number of carbonyl (C=O) groups is 1. The molecule has 3 aromatic rings. The van der Waals surface area contributed by atoms with Crippen LogP contribution < -0.4 is 5.32 Å². The molecule has 0 aliphatic carbocycles. The van der Waals surface area contributed by atoms with Crippen molar-refractivity contribution in [2.45, 2.75) is 13.8 Å². The molecule has 0 bridgehead atoms. The maximum absolute atomic E-state index is 12.4. The van der Waals surface area contributed by atoms with Crippen LogP contribution in [0.5, 0.6) is 0 Å². The summed E-state index contributed by atoms with van der Waals surface area (Å²) in [6.45, 7) is 3.88. The van der Waals surface area contributed by atoms with E-state index in [0.29, 0.717) is 16.3 Å². The zero-order valence-electron chi connectivity index (χ0n) is 13.0. The number of thiazole rings is 1. The molecule has 0 spiro atoms. The number of anilines is 1. The number of nitrogens with one attached hydrogen (secondary N) is 1. The molecule has 2 aromatic heterocycles. The molecule has 0 aliphatic rings. The Morgan fingerprint density at radius 2 is 2.25 bits per heavy atom. The molecule has 1 N–H and O–H groups in total. The van der Waals surface area contributed by atoms with Crippen LogP contribution in [0, 0.1) is 25.2 Å². The Morgan fingerprint density at radius 1 is 1.46 bits per heavy atom. The van der Waals surface area contributed by atoms with E-state index in [2.05, 4.69) is 10.3 Å². The highest BCUT2D eigenvalue weighted by atomic mass is 35.5. The highest BCUT2D eigenvalue weighted by molar-refractivity contribution is 7.15. The molecule has 0 fully saturated rings. The molecular weight excluding hydrogens is 344 g/mol. The Labute approximate surface area is 147 Å². The van der Waals surface area contributed by atoms with Gasteiger partial charge >= 0.3 is 0 Å². The number of hydrogen-bond donors (Lipinski definition) is 1. The number of rotatable bonds is 3. The number of fused-ring (bicyclic) bond motifs is 1. The summed E-state index contributed by atoms with van der Waals surface area (Å²) in [6, 6.07) is 7.56. The standard InChI is InChI=1S/C17H13ClN4OS/c1-10-4-3-5-13(11(10)2)20-16(23)12(9-19)8-14-15(18)21-17-22(14)6-7-24-17/h3-8H,1-2H3,(H,20,23). The summed E-state index contributed by atoms with van der Waals surface area (Å²) in [5.41, 5.74) is 3.19. The predicted molar refractivity (Wildman–Crippen MR) is 96.2 cm³/mol. The molecule has 7 heteroatoms. The first-order valence-electron chi connectivity index (χ1n) is 7.11. The van der Waals surface area contributed by atoms with E-state index in [0.717, 1.165) is 11.1 Å². The van der Waals surface area contributed by atoms with E-state index in [-0.39, 0.29) is 10.7 Å². The number of aromatic nitrogens is 2. The summed E-state index contributed by atoms with van der Waals surface area (Å²) in [5.74, 6) is -0.479. The first kappa shape index (κ1) is 16.2. The van der Waals surface area contributed by atoms with Gasteiger partial charge in [-0.05, 0) is 37.1 Å². The normalized spacial score (nSPS) is 11.5. The van der Waals surface area contributed by atoms with Crippen LogP contribution in [0.3, 0.4) is 0 Å². The maximum Gasteiger partial charge on any atom is 0.266 e. The monoisotopic (exact) mass is 356 g/mol. The van der Waals surface area contributed by atoms with E-state index in [9.17, 15) is 10.1 Å². The van der Waals surface area contributed by atoms with Crippen LogP contribution in [-0.4, -0.2) is 15.3 Å². The van der Waals surface area contributed by atoms with E-state index in [1.54, 1.807) is 16.7 Å². The van der Waals surface area contributed by atoms with Gasteiger partial charge in [0.15, 0.2) is 10.1 Å². The number of halogens is 1. The van der Waals surface area contributed by atoms with Gasteiger partial charge in [-0.25, -0.2) is 4.98 Å². The van der Waals surface area contributed by atoms with Crippen molar-refractivity contribution in [3.8, 4) is 6.07 Å². The Morgan fingerprint density at radius 3 is 3.00 bits per heavy atom. The molecule has 1 aromatic carbocycles. The summed E-state index contributed by atoms with van der Waals surface area (Å²) in [7, 11) is 0. The van der Waals surface area contributed by atoms with Gasteiger partial charge in [0, 0.05) is 17.3 Å². The fraction of sp³-hybridized carbons (Fsp3) is 0.118. The summed E-state index contributed by atoms with van der Waals surface area (Å²) < 4.78 is 1.75. The molecule has 0 aliphatic heterocycles. The van der Waals surface area contributed by atoms with Gasteiger partial charge in [-0.2, -0.15) is 5.26 Å². The predicted octanol–water partition coefficient (Wildman–Crippen LogP) is 4.21. The number of imidazole rings is 1. The smallest absolute Gasteiger partial charge is 0.266 e. The maximum atomic E-state index is 12.4. The SMILES string of the molecule is Cc1cccc(NC(=O)C(C#N)=Cc2c(Cl)nc3sccn23)c1C. The van der Waals surface area contributed by atoms with Gasteiger partial charge in [-0.3, -0.25) is 9.20 Å². The number of carbonyl (C=O) groups excluding carboxylic acids is 1. The quantitative estimate of drug-likeness (QED) is 0.564. The van der Waals surface area contributed by atoms with Crippen molar-refractivity contribution >= 4 is 45.6 Å². The van der Waals surface area contributed by atoms with Crippen LogP contribution in [0.4, 0.5) is 5.69 Å². The fourth-order valence-corrected chi connectivity index (χ4v) is 3.26. The molecule has 0 unspecified atom stereocenters. The minimum Gasteiger partial charge on any atom is -0.321 e. The first-order chi connectivity index (χ1) is 11.5. The minimum absolute atomic E-state index is 0.0363. The number of aryl methyl sites for hydroxylation is 1. The molecule has 24 heavy (non-hydrogen) atoms. The number of benzene rings is 1. The Hall–Kier alpha value is -2.62. The van der Waals surface area contributed by atoms with Crippen molar-refractivity contribution in [3.05, 3.63) is 57.3 Å². The molecule has 2 heterocycles. The summed E-state index contributed by atoms with van der Waals surface area (Å²) in [6.07, 6.45) is 3.25. The zero-order valence-corrected chi connectivity index (χ0v) is 14.6. The molecule has 0 saturated heterocycles. The average molecular weight is 357 g/mol. The lowest BCUT2D eigenvalue weighted by Gasteiger charge is -2.09. The third kappa shape index (κ3) is 2.92. The lowest BCUT2D eigenvalue weighted by atomic mass is 10.1. The third-order valence-corrected chi connectivity index (χ3v) is 4.79. The van der Waals surface area contributed by atoms with Crippen LogP contribution in [0.15, 0.2) is 35.3 Å². The van der Waals surface area contributed by atoms with E-state index < -0.39 is 5.91 Å². The molecule has 0 atom stereocenters. The molecule has 1 amide bonds. The number of hydrogen-bond acceptors (Lipinski definition) is 4. The van der Waals surface area contributed by atoms with Gasteiger partial charge in [-0.15, -0.1) is 11.3 Å². The van der Waals surface area contributed by atoms with Crippen molar-refractivity contribution in [2.24, 2.45) is 0 Å². The molecule has 5 nitrogen and oxygen atoms in total. The molecule has 120 valence electrons. The molecule has 3 rings (SSSR count). The van der Waals surface area contributed by atoms with Gasteiger partial charge in [0.1, 0.15) is 11.6 Å². The Balaban J connectivity index is 1.95. The molecule has 0 saturated carbocycles. The van der Waals surface area contributed by atoms with E-state index >= 15 is 0 Å². The summed E-state index contributed by atoms with van der Waals surface area (Å²) >= 11 is 7.54. The zero-order chi connectivity index (χ0) is 17.3. The van der Waals surface area contributed by atoms with Gasteiger partial charge in [0.05, 0.1) is 5.69 Å². The average Bonchev–Trinajstić information content (AvgIpc) is 3.11. The Kier molecular flexibility index (Phi) is 4.38. The third-order valence-electron chi connectivity index (χ3n) is 3.75. The van der Waals surface area contributed by atoms with Crippen molar-refractivity contribution in [2.75, 3.05) is 5.32 Å². The molecular formula is C17H13ClN4OS. The van der Waals surface area contributed by atoms with Crippen molar-refractivity contribution in [1.29, 1.82) is 5.26 Å². The fourth-order valence-electron chi connectivity index (χ4n) is 2.27. The van der Waals surface area contributed by atoms with Crippen LogP contribution in [0.1, 0.15) is 16.8 Å². The second-order valence-electron chi connectivity index (χ2n) is 5.21. The number of amides is 1. The number of nitrogens with zero attached hydrogens (tertiary/aromatic N) is 3. The van der Waals surface area contributed by atoms with Crippen LogP contribution in [-0.2, 0) is 4.79 Å². The van der Waals surface area contributed by atoms with Crippen LogP contribution >= 0.6 is 22.9 Å². The van der Waals surface area contributed by atoms with Gasteiger partial charge in [0.25, 0.3) is 5.91 Å². The number of nitriles is 1. The van der Waals surface area contributed by atoms with Gasteiger partial charge in [0.2, 0.25) is 0 Å².